The first-order chi connectivity index (χ1) is 8.79. The number of hydrogen-bond donors (Lipinski definition) is 1. The number of nitrogens with zero attached hydrogens (tertiary/aromatic N) is 3. The second-order valence-corrected chi connectivity index (χ2v) is 4.89. The lowest BCUT2D eigenvalue weighted by atomic mass is 10.1. The fourth-order valence-electron chi connectivity index (χ4n) is 2.15. The van der Waals surface area contributed by atoms with Crippen LogP contribution in [0.3, 0.4) is 0 Å². The second kappa shape index (κ2) is 4.53. The largest absolute Gasteiger partial charge is 0.313 e. The summed E-state index contributed by atoms with van der Waals surface area (Å²) in [4.78, 5) is 4.47. The molecule has 0 radical (unpaired) electrons. The predicted octanol–water partition coefficient (Wildman–Crippen LogP) is 2.43. The van der Waals surface area contributed by atoms with E-state index in [4.69, 9.17) is 0 Å². The zero-order chi connectivity index (χ0) is 12.5. The first-order valence-corrected chi connectivity index (χ1v) is 6.47. The van der Waals surface area contributed by atoms with Crippen LogP contribution in [0.25, 0.3) is 5.82 Å². The van der Waals surface area contributed by atoms with E-state index in [1.54, 1.807) is 0 Å². The SMILES string of the molecule is CNC(C)c1cccnc1-n1ccc(C2CC2)n1. The summed E-state index contributed by atoms with van der Waals surface area (Å²) in [5.41, 5.74) is 2.37. The van der Waals surface area contributed by atoms with Gasteiger partial charge in [-0.2, -0.15) is 5.10 Å². The van der Waals surface area contributed by atoms with Gasteiger partial charge >= 0.3 is 0 Å². The number of aromatic nitrogens is 3. The topological polar surface area (TPSA) is 42.7 Å². The Balaban J connectivity index is 1.98. The lowest BCUT2D eigenvalue weighted by Crippen LogP contribution is -2.16. The number of pyridine rings is 1. The van der Waals surface area contributed by atoms with Gasteiger partial charge in [-0.15, -0.1) is 0 Å². The molecule has 1 unspecified atom stereocenters. The van der Waals surface area contributed by atoms with E-state index in [2.05, 4.69) is 34.5 Å². The molecule has 0 bridgehead atoms. The maximum Gasteiger partial charge on any atom is 0.158 e. The van der Waals surface area contributed by atoms with Gasteiger partial charge < -0.3 is 5.32 Å². The third-order valence-corrected chi connectivity index (χ3v) is 3.54. The average Bonchev–Trinajstić information content (AvgIpc) is 3.16. The van der Waals surface area contributed by atoms with Crippen molar-refractivity contribution >= 4 is 0 Å². The fourth-order valence-corrected chi connectivity index (χ4v) is 2.15. The summed E-state index contributed by atoms with van der Waals surface area (Å²) in [5, 5.41) is 7.90. The molecule has 4 nitrogen and oxygen atoms in total. The zero-order valence-corrected chi connectivity index (χ0v) is 10.8. The normalized spacial score (nSPS) is 16.8. The molecular weight excluding hydrogens is 224 g/mol. The highest BCUT2D eigenvalue weighted by Gasteiger charge is 2.26. The molecule has 1 atom stereocenters. The maximum absolute atomic E-state index is 4.65. The highest BCUT2D eigenvalue weighted by atomic mass is 15.3. The Morgan fingerprint density at radius 1 is 1.39 bits per heavy atom. The molecule has 0 saturated heterocycles. The Labute approximate surface area is 107 Å². The van der Waals surface area contributed by atoms with E-state index >= 15 is 0 Å². The smallest absolute Gasteiger partial charge is 0.158 e. The number of rotatable bonds is 4. The van der Waals surface area contributed by atoms with E-state index in [-0.39, 0.29) is 6.04 Å². The molecule has 0 spiro atoms. The van der Waals surface area contributed by atoms with E-state index < -0.39 is 0 Å². The summed E-state index contributed by atoms with van der Waals surface area (Å²) in [6.45, 7) is 2.13. The summed E-state index contributed by atoms with van der Waals surface area (Å²) in [7, 11) is 1.96. The molecule has 2 aromatic heterocycles. The van der Waals surface area contributed by atoms with Gasteiger partial charge in [-0.3, -0.25) is 0 Å². The highest BCUT2D eigenvalue weighted by molar-refractivity contribution is 5.35. The molecule has 0 aromatic carbocycles. The van der Waals surface area contributed by atoms with Crippen molar-refractivity contribution in [1.29, 1.82) is 0 Å². The summed E-state index contributed by atoms with van der Waals surface area (Å²) in [6, 6.07) is 6.45. The van der Waals surface area contributed by atoms with Gasteiger partial charge in [0.1, 0.15) is 0 Å². The van der Waals surface area contributed by atoms with Crippen LogP contribution in [-0.2, 0) is 0 Å². The Morgan fingerprint density at radius 2 is 2.22 bits per heavy atom. The Hall–Kier alpha value is -1.68. The first kappa shape index (κ1) is 11.4. The lowest BCUT2D eigenvalue weighted by Gasteiger charge is -2.14. The van der Waals surface area contributed by atoms with E-state index in [0.29, 0.717) is 5.92 Å². The monoisotopic (exact) mass is 242 g/mol. The van der Waals surface area contributed by atoms with Crippen molar-refractivity contribution in [2.75, 3.05) is 7.05 Å². The minimum Gasteiger partial charge on any atom is -0.313 e. The van der Waals surface area contributed by atoms with Gasteiger partial charge in [0, 0.05) is 29.9 Å². The van der Waals surface area contributed by atoms with Crippen molar-refractivity contribution in [2.45, 2.75) is 31.7 Å². The molecule has 18 heavy (non-hydrogen) atoms. The lowest BCUT2D eigenvalue weighted by molar-refractivity contribution is 0.637. The van der Waals surface area contributed by atoms with Crippen molar-refractivity contribution in [3.05, 3.63) is 41.9 Å². The molecule has 1 fully saturated rings. The minimum atomic E-state index is 0.266. The average molecular weight is 242 g/mol. The van der Waals surface area contributed by atoms with Crippen LogP contribution in [0.4, 0.5) is 0 Å². The van der Waals surface area contributed by atoms with Gasteiger partial charge in [0.2, 0.25) is 0 Å². The van der Waals surface area contributed by atoms with E-state index in [1.807, 2.05) is 30.2 Å². The maximum atomic E-state index is 4.65. The number of nitrogens with one attached hydrogen (secondary N) is 1. The van der Waals surface area contributed by atoms with Crippen LogP contribution < -0.4 is 5.32 Å². The van der Waals surface area contributed by atoms with Crippen LogP contribution >= 0.6 is 0 Å². The molecule has 94 valence electrons. The minimum absolute atomic E-state index is 0.266. The Kier molecular flexibility index (Phi) is 2.88. The first-order valence-electron chi connectivity index (χ1n) is 6.47. The summed E-state index contributed by atoms with van der Waals surface area (Å²) in [5.74, 6) is 1.60. The molecule has 4 heteroatoms. The summed E-state index contributed by atoms with van der Waals surface area (Å²) < 4.78 is 1.90. The molecule has 0 amide bonds. The molecule has 1 saturated carbocycles. The van der Waals surface area contributed by atoms with Crippen molar-refractivity contribution in [1.82, 2.24) is 20.1 Å². The van der Waals surface area contributed by atoms with Crippen LogP contribution in [0.1, 0.15) is 43.0 Å². The third kappa shape index (κ3) is 2.04. The Bertz CT molecular complexity index is 542. The summed E-state index contributed by atoms with van der Waals surface area (Å²) in [6.07, 6.45) is 6.39. The molecule has 2 heterocycles. The van der Waals surface area contributed by atoms with Crippen molar-refractivity contribution < 1.29 is 0 Å². The predicted molar refractivity (Wildman–Crippen MR) is 70.8 cm³/mol. The molecular formula is C14H18N4. The van der Waals surface area contributed by atoms with E-state index in [0.717, 1.165) is 5.82 Å². The van der Waals surface area contributed by atoms with Crippen LogP contribution in [0.15, 0.2) is 30.6 Å². The quantitative estimate of drug-likeness (QED) is 0.895. The van der Waals surface area contributed by atoms with Gasteiger partial charge in [0.15, 0.2) is 5.82 Å². The molecule has 1 aliphatic rings. The van der Waals surface area contributed by atoms with Crippen molar-refractivity contribution in [3.8, 4) is 5.82 Å². The standard InChI is InChI=1S/C14H18N4/c1-10(15-2)12-4-3-8-16-14(12)18-9-7-13(17-18)11-5-6-11/h3-4,7-11,15H,5-6H2,1-2H3. The van der Waals surface area contributed by atoms with E-state index in [1.165, 1.54) is 24.1 Å². The molecule has 3 rings (SSSR count). The van der Waals surface area contributed by atoms with Gasteiger partial charge in [0.25, 0.3) is 0 Å². The van der Waals surface area contributed by atoms with Crippen LogP contribution in [-0.4, -0.2) is 21.8 Å². The van der Waals surface area contributed by atoms with Crippen LogP contribution in [0.2, 0.25) is 0 Å². The van der Waals surface area contributed by atoms with Crippen molar-refractivity contribution in [3.63, 3.8) is 0 Å². The second-order valence-electron chi connectivity index (χ2n) is 4.89. The molecule has 2 aromatic rings. The van der Waals surface area contributed by atoms with Crippen LogP contribution in [0.5, 0.6) is 0 Å². The molecule has 1 aliphatic carbocycles. The zero-order valence-electron chi connectivity index (χ0n) is 10.8. The summed E-state index contributed by atoms with van der Waals surface area (Å²) >= 11 is 0. The molecule has 0 aliphatic heterocycles. The van der Waals surface area contributed by atoms with Crippen LogP contribution in [0, 0.1) is 0 Å². The van der Waals surface area contributed by atoms with Gasteiger partial charge in [-0.25, -0.2) is 9.67 Å². The van der Waals surface area contributed by atoms with Crippen molar-refractivity contribution in [2.24, 2.45) is 0 Å². The molecule has 1 N–H and O–H groups in total. The number of hydrogen-bond acceptors (Lipinski definition) is 3. The Morgan fingerprint density at radius 3 is 2.94 bits per heavy atom. The van der Waals surface area contributed by atoms with E-state index in [9.17, 15) is 0 Å². The van der Waals surface area contributed by atoms with Gasteiger partial charge in [-0.05, 0) is 38.9 Å². The fraction of sp³-hybridized carbons (Fsp3) is 0.429. The van der Waals surface area contributed by atoms with Gasteiger partial charge in [0.05, 0.1) is 5.69 Å². The van der Waals surface area contributed by atoms with Gasteiger partial charge in [-0.1, -0.05) is 6.07 Å². The highest BCUT2D eigenvalue weighted by Crippen LogP contribution is 2.39. The third-order valence-electron chi connectivity index (χ3n) is 3.54.